The van der Waals surface area contributed by atoms with Gasteiger partial charge in [0, 0.05) is 6.54 Å². The highest BCUT2D eigenvalue weighted by Crippen LogP contribution is 2.37. The van der Waals surface area contributed by atoms with E-state index in [0.717, 1.165) is 12.3 Å². The van der Waals surface area contributed by atoms with E-state index in [2.05, 4.69) is 26.1 Å². The van der Waals surface area contributed by atoms with Crippen LogP contribution in [-0.2, 0) is 0 Å². The standard InChI is InChI=1S/C14H23NO/c1-11-6-9-16-13(11)12(2)15-10-14(3)7-4-5-8-14/h6,9,12,15H,4-5,7-8,10H2,1-3H3. The second-order valence-electron chi connectivity index (χ2n) is 5.59. The first-order valence-corrected chi connectivity index (χ1v) is 6.38. The third kappa shape index (κ3) is 2.49. The van der Waals surface area contributed by atoms with Crippen LogP contribution in [0.2, 0.25) is 0 Å². The Morgan fingerprint density at radius 2 is 2.12 bits per heavy atom. The Morgan fingerprint density at radius 3 is 2.69 bits per heavy atom. The van der Waals surface area contributed by atoms with E-state index >= 15 is 0 Å². The van der Waals surface area contributed by atoms with Gasteiger partial charge in [-0.2, -0.15) is 0 Å². The van der Waals surface area contributed by atoms with Crippen molar-refractivity contribution in [1.82, 2.24) is 5.32 Å². The van der Waals surface area contributed by atoms with Crippen molar-refractivity contribution in [3.63, 3.8) is 0 Å². The fraction of sp³-hybridized carbons (Fsp3) is 0.714. The van der Waals surface area contributed by atoms with Crippen LogP contribution in [0.5, 0.6) is 0 Å². The molecular weight excluding hydrogens is 198 g/mol. The zero-order valence-corrected chi connectivity index (χ0v) is 10.7. The number of hydrogen-bond donors (Lipinski definition) is 1. The Kier molecular flexibility index (Phi) is 3.38. The number of hydrogen-bond acceptors (Lipinski definition) is 2. The molecule has 1 aliphatic carbocycles. The molecule has 1 atom stereocenters. The van der Waals surface area contributed by atoms with Gasteiger partial charge in [0.15, 0.2) is 0 Å². The Bertz CT molecular complexity index is 336. The normalized spacial score (nSPS) is 21.2. The first kappa shape index (κ1) is 11.7. The lowest BCUT2D eigenvalue weighted by molar-refractivity contribution is 0.291. The van der Waals surface area contributed by atoms with Crippen molar-refractivity contribution in [2.75, 3.05) is 6.54 Å². The summed E-state index contributed by atoms with van der Waals surface area (Å²) in [6, 6.07) is 2.36. The van der Waals surface area contributed by atoms with Crippen molar-refractivity contribution in [2.45, 2.75) is 52.5 Å². The van der Waals surface area contributed by atoms with Gasteiger partial charge in [0.05, 0.1) is 12.3 Å². The minimum Gasteiger partial charge on any atom is -0.467 e. The molecule has 0 amide bonds. The second kappa shape index (κ2) is 4.62. The molecule has 0 aliphatic heterocycles. The third-order valence-electron chi connectivity index (χ3n) is 3.94. The summed E-state index contributed by atoms with van der Waals surface area (Å²) in [5, 5.41) is 3.61. The highest BCUT2D eigenvalue weighted by Gasteiger charge is 2.29. The summed E-state index contributed by atoms with van der Waals surface area (Å²) in [5.41, 5.74) is 1.76. The lowest BCUT2D eigenvalue weighted by atomic mass is 9.88. The quantitative estimate of drug-likeness (QED) is 0.836. The van der Waals surface area contributed by atoms with Crippen LogP contribution >= 0.6 is 0 Å². The fourth-order valence-electron chi connectivity index (χ4n) is 2.73. The first-order valence-electron chi connectivity index (χ1n) is 6.38. The number of aryl methyl sites for hydroxylation is 1. The van der Waals surface area contributed by atoms with Crippen LogP contribution in [0, 0.1) is 12.3 Å². The summed E-state index contributed by atoms with van der Waals surface area (Å²) in [4.78, 5) is 0. The highest BCUT2D eigenvalue weighted by atomic mass is 16.3. The molecule has 0 aromatic carbocycles. The van der Waals surface area contributed by atoms with Crippen molar-refractivity contribution < 1.29 is 4.42 Å². The van der Waals surface area contributed by atoms with E-state index in [-0.39, 0.29) is 0 Å². The van der Waals surface area contributed by atoms with E-state index in [9.17, 15) is 0 Å². The molecule has 1 N–H and O–H groups in total. The molecule has 2 nitrogen and oxygen atoms in total. The van der Waals surface area contributed by atoms with Gasteiger partial charge in [-0.25, -0.2) is 0 Å². The van der Waals surface area contributed by atoms with E-state index in [1.165, 1.54) is 31.2 Å². The second-order valence-corrected chi connectivity index (χ2v) is 5.59. The molecule has 1 aliphatic rings. The van der Waals surface area contributed by atoms with Gasteiger partial charge < -0.3 is 9.73 Å². The molecule has 2 heteroatoms. The predicted molar refractivity (Wildman–Crippen MR) is 66.4 cm³/mol. The summed E-state index contributed by atoms with van der Waals surface area (Å²) < 4.78 is 5.51. The molecule has 1 heterocycles. The van der Waals surface area contributed by atoms with Crippen LogP contribution in [0.4, 0.5) is 0 Å². The van der Waals surface area contributed by atoms with E-state index in [0.29, 0.717) is 11.5 Å². The van der Waals surface area contributed by atoms with Crippen LogP contribution in [0.1, 0.15) is 56.9 Å². The molecule has 90 valence electrons. The van der Waals surface area contributed by atoms with Crippen LogP contribution in [0.15, 0.2) is 16.7 Å². The van der Waals surface area contributed by atoms with Crippen molar-refractivity contribution in [2.24, 2.45) is 5.41 Å². The summed E-state index contributed by atoms with van der Waals surface area (Å²) in [5.74, 6) is 1.08. The van der Waals surface area contributed by atoms with Gasteiger partial charge >= 0.3 is 0 Å². The molecule has 1 aromatic rings. The Labute approximate surface area is 98.4 Å². The van der Waals surface area contributed by atoms with Gasteiger partial charge in [-0.3, -0.25) is 0 Å². The number of nitrogens with one attached hydrogen (secondary N) is 1. The summed E-state index contributed by atoms with van der Waals surface area (Å²) in [6.45, 7) is 7.79. The largest absolute Gasteiger partial charge is 0.467 e. The lowest BCUT2D eigenvalue weighted by Crippen LogP contribution is -2.31. The number of furan rings is 1. The van der Waals surface area contributed by atoms with E-state index < -0.39 is 0 Å². The molecule has 0 spiro atoms. The van der Waals surface area contributed by atoms with Gasteiger partial charge in [-0.1, -0.05) is 19.8 Å². The van der Waals surface area contributed by atoms with Gasteiger partial charge in [0.2, 0.25) is 0 Å². The zero-order chi connectivity index (χ0) is 11.6. The van der Waals surface area contributed by atoms with E-state index in [1.807, 2.05) is 6.07 Å². The maximum absolute atomic E-state index is 5.51. The molecule has 1 aromatic heterocycles. The van der Waals surface area contributed by atoms with Crippen molar-refractivity contribution in [3.8, 4) is 0 Å². The molecule has 0 radical (unpaired) electrons. The van der Waals surface area contributed by atoms with E-state index in [4.69, 9.17) is 4.42 Å². The minimum atomic E-state index is 0.326. The Hall–Kier alpha value is -0.760. The average molecular weight is 221 g/mol. The minimum absolute atomic E-state index is 0.326. The van der Waals surface area contributed by atoms with Crippen molar-refractivity contribution in [1.29, 1.82) is 0 Å². The molecule has 0 bridgehead atoms. The monoisotopic (exact) mass is 221 g/mol. The SMILES string of the molecule is Cc1ccoc1C(C)NCC1(C)CCCC1. The smallest absolute Gasteiger partial charge is 0.123 e. The molecule has 2 rings (SSSR count). The van der Waals surface area contributed by atoms with E-state index in [1.54, 1.807) is 6.26 Å². The topological polar surface area (TPSA) is 25.2 Å². The van der Waals surface area contributed by atoms with Crippen LogP contribution in [-0.4, -0.2) is 6.54 Å². The van der Waals surface area contributed by atoms with Crippen LogP contribution < -0.4 is 5.32 Å². The predicted octanol–water partition coefficient (Wildman–Crippen LogP) is 3.82. The van der Waals surface area contributed by atoms with Gasteiger partial charge in [-0.15, -0.1) is 0 Å². The van der Waals surface area contributed by atoms with Gasteiger partial charge in [0.25, 0.3) is 0 Å². The average Bonchev–Trinajstić information content (AvgIpc) is 2.85. The van der Waals surface area contributed by atoms with Crippen molar-refractivity contribution >= 4 is 0 Å². The summed E-state index contributed by atoms with van der Waals surface area (Å²) >= 11 is 0. The van der Waals surface area contributed by atoms with Gasteiger partial charge in [-0.05, 0) is 43.7 Å². The zero-order valence-electron chi connectivity index (χ0n) is 10.7. The van der Waals surface area contributed by atoms with Crippen molar-refractivity contribution in [3.05, 3.63) is 23.7 Å². The lowest BCUT2D eigenvalue weighted by Gasteiger charge is -2.26. The number of rotatable bonds is 4. The Balaban J connectivity index is 1.88. The maximum atomic E-state index is 5.51. The molecule has 1 unspecified atom stereocenters. The molecule has 1 saturated carbocycles. The maximum Gasteiger partial charge on any atom is 0.123 e. The van der Waals surface area contributed by atoms with Crippen LogP contribution in [0.25, 0.3) is 0 Å². The molecular formula is C14H23NO. The van der Waals surface area contributed by atoms with Crippen LogP contribution in [0.3, 0.4) is 0 Å². The highest BCUT2D eigenvalue weighted by molar-refractivity contribution is 5.17. The Morgan fingerprint density at radius 1 is 1.44 bits per heavy atom. The summed E-state index contributed by atoms with van der Waals surface area (Å²) in [6.07, 6.45) is 7.30. The molecule has 0 saturated heterocycles. The third-order valence-corrected chi connectivity index (χ3v) is 3.94. The fourth-order valence-corrected chi connectivity index (χ4v) is 2.73. The molecule has 16 heavy (non-hydrogen) atoms. The van der Waals surface area contributed by atoms with Gasteiger partial charge in [0.1, 0.15) is 5.76 Å². The molecule has 1 fully saturated rings. The first-order chi connectivity index (χ1) is 7.61. The summed E-state index contributed by atoms with van der Waals surface area (Å²) in [7, 11) is 0.